The molecule has 2 heterocycles. The monoisotopic (exact) mass is 626 g/mol. The van der Waals surface area contributed by atoms with Crippen LogP contribution in [0.25, 0.3) is 0 Å². The molecule has 15 nitrogen and oxygen atoms in total. The van der Waals surface area contributed by atoms with Crippen LogP contribution in [0.3, 0.4) is 0 Å². The van der Waals surface area contributed by atoms with Crippen LogP contribution in [-0.4, -0.2) is 35.9 Å². The molecule has 0 saturated heterocycles. The molecule has 6 rings (SSSR count). The number of anilines is 2. The summed E-state index contributed by atoms with van der Waals surface area (Å²) in [4.78, 5) is 51.7. The Morgan fingerprint density at radius 2 is 1.02 bits per heavy atom. The van der Waals surface area contributed by atoms with E-state index in [2.05, 4.69) is 19.9 Å². The Morgan fingerprint density at radius 1 is 0.652 bits per heavy atom. The Kier molecular flexibility index (Phi) is 8.37. The van der Waals surface area contributed by atoms with Crippen LogP contribution in [-0.2, 0) is 0 Å². The van der Waals surface area contributed by atoms with Crippen LogP contribution < -0.4 is 20.9 Å². The Balaban J connectivity index is 1.22. The van der Waals surface area contributed by atoms with Gasteiger partial charge in [-0.2, -0.15) is 0 Å². The predicted octanol–water partition coefficient (Wildman–Crippen LogP) is 5.93. The second-order valence-electron chi connectivity index (χ2n) is 11.6. The number of benzene rings is 2. The lowest BCUT2D eigenvalue weighted by Crippen LogP contribution is -2.17. The van der Waals surface area contributed by atoms with Gasteiger partial charge in [0.05, 0.1) is 9.85 Å². The summed E-state index contributed by atoms with van der Waals surface area (Å²) in [5.41, 5.74) is 13.8. The lowest BCUT2D eigenvalue weighted by atomic mass is 9.93. The fraction of sp³-hybridized carbons (Fsp3) is 0.323. The highest BCUT2D eigenvalue weighted by Gasteiger charge is 2.33. The molecule has 2 aliphatic carbocycles. The third-order valence-corrected chi connectivity index (χ3v) is 8.87. The van der Waals surface area contributed by atoms with Crippen molar-refractivity contribution in [3.05, 3.63) is 104 Å². The van der Waals surface area contributed by atoms with Crippen LogP contribution in [0.4, 0.5) is 28.1 Å². The molecule has 2 aromatic heterocycles. The zero-order chi connectivity index (χ0) is 32.4. The number of rotatable bonds is 8. The van der Waals surface area contributed by atoms with E-state index in [1.807, 2.05) is 0 Å². The van der Waals surface area contributed by atoms with Crippen molar-refractivity contribution in [2.75, 3.05) is 11.5 Å². The minimum Gasteiger partial charge on any atom is -0.394 e. The minimum atomic E-state index is -1.06. The van der Waals surface area contributed by atoms with Crippen LogP contribution in [0.2, 0.25) is 0 Å². The number of nitrogen functional groups attached to an aromatic ring is 2. The van der Waals surface area contributed by atoms with E-state index in [9.17, 15) is 25.0 Å². The molecular weight excluding hydrogens is 596 g/mol. The van der Waals surface area contributed by atoms with Crippen LogP contribution in [0.15, 0.2) is 61.2 Å². The van der Waals surface area contributed by atoms with Crippen molar-refractivity contribution < 1.29 is 24.1 Å². The summed E-state index contributed by atoms with van der Waals surface area (Å²) in [6.45, 7) is 0. The molecule has 0 bridgehead atoms. The number of carbonyl (C=O) groups excluding carboxylic acids is 1. The van der Waals surface area contributed by atoms with Crippen molar-refractivity contribution in [2.45, 2.75) is 62.2 Å². The van der Waals surface area contributed by atoms with E-state index in [0.717, 1.165) is 24.0 Å². The van der Waals surface area contributed by atoms with E-state index in [0.29, 0.717) is 36.8 Å². The summed E-state index contributed by atoms with van der Waals surface area (Å²) in [6, 6.07) is 8.16. The van der Waals surface area contributed by atoms with Crippen molar-refractivity contribution in [3.8, 4) is 11.5 Å². The standard InChI is InChI=1S/C31H30N8O7/c32-29-34-13-21(14-35-29)17-1-3-19(9-17)25-11-23(38(41)42)5-7-27(25)45-31(40)46-28-8-6-24(39(43)44)12-26(28)20-4-2-18(10-20)22-15-36-30(33)37-16-22/h5-8,11-20H,1-4,9-10H2,(H2,32,34,35)(H2,33,36,37). The van der Waals surface area contributed by atoms with E-state index >= 15 is 0 Å². The average molecular weight is 627 g/mol. The number of nitro benzene ring substituents is 2. The third kappa shape index (κ3) is 6.52. The van der Waals surface area contributed by atoms with Gasteiger partial charge in [-0.05, 0) is 85.5 Å². The first-order valence-corrected chi connectivity index (χ1v) is 14.8. The molecule has 0 amide bonds. The van der Waals surface area contributed by atoms with Crippen LogP contribution in [0.5, 0.6) is 11.5 Å². The minimum absolute atomic E-state index is 0.0994. The molecule has 15 heteroatoms. The predicted molar refractivity (Wildman–Crippen MR) is 164 cm³/mol. The van der Waals surface area contributed by atoms with Gasteiger partial charge in [-0.1, -0.05) is 0 Å². The highest BCUT2D eigenvalue weighted by atomic mass is 16.7. The first kappa shape index (κ1) is 30.3. The normalized spacial score (nSPS) is 20.7. The van der Waals surface area contributed by atoms with Gasteiger partial charge in [0.2, 0.25) is 11.9 Å². The highest BCUT2D eigenvalue weighted by Crippen LogP contribution is 2.48. The molecule has 0 spiro atoms. The molecule has 236 valence electrons. The molecule has 46 heavy (non-hydrogen) atoms. The summed E-state index contributed by atoms with van der Waals surface area (Å²) in [6.07, 6.45) is 9.85. The van der Waals surface area contributed by atoms with Crippen molar-refractivity contribution >= 4 is 29.4 Å². The van der Waals surface area contributed by atoms with Gasteiger partial charge in [-0.3, -0.25) is 20.2 Å². The first-order chi connectivity index (χ1) is 22.1. The van der Waals surface area contributed by atoms with Gasteiger partial charge in [0.15, 0.2) is 0 Å². The largest absolute Gasteiger partial charge is 0.519 e. The lowest BCUT2D eigenvalue weighted by molar-refractivity contribution is -0.385. The van der Waals surface area contributed by atoms with E-state index in [-0.39, 0.29) is 58.4 Å². The second kappa shape index (κ2) is 12.7. The zero-order valence-electron chi connectivity index (χ0n) is 24.5. The van der Waals surface area contributed by atoms with E-state index in [4.69, 9.17) is 20.9 Å². The SMILES string of the molecule is Nc1ncc(C2CCC(c3cc([N+](=O)[O-])ccc3OC(=O)Oc3ccc([N+](=O)[O-])cc3C3CCC(c4cnc(N)nc4)C3)C2)cn1. The Bertz CT molecular complexity index is 1660. The number of hydrogen-bond acceptors (Lipinski definition) is 13. The molecule has 2 fully saturated rings. The Hall–Kier alpha value is -5.73. The molecule has 2 aromatic carbocycles. The number of nitrogens with two attached hydrogens (primary N) is 2. The first-order valence-electron chi connectivity index (χ1n) is 14.8. The highest BCUT2D eigenvalue weighted by molar-refractivity contribution is 5.69. The number of nitrogens with zero attached hydrogens (tertiary/aromatic N) is 6. The maximum atomic E-state index is 13.2. The van der Waals surface area contributed by atoms with Gasteiger partial charge in [-0.25, -0.2) is 24.7 Å². The number of carbonyl (C=O) groups is 1. The van der Waals surface area contributed by atoms with Gasteiger partial charge in [0.25, 0.3) is 11.4 Å². The Labute approximate surface area is 262 Å². The molecule has 0 aliphatic heterocycles. The third-order valence-electron chi connectivity index (χ3n) is 8.87. The summed E-state index contributed by atoms with van der Waals surface area (Å²) in [5.74, 6) is 0.536. The van der Waals surface area contributed by atoms with Crippen molar-refractivity contribution in [2.24, 2.45) is 0 Å². The molecule has 4 atom stereocenters. The molecule has 2 aliphatic rings. The Morgan fingerprint density at radius 3 is 1.39 bits per heavy atom. The van der Waals surface area contributed by atoms with E-state index in [1.165, 1.54) is 36.4 Å². The van der Waals surface area contributed by atoms with Crippen molar-refractivity contribution in [3.63, 3.8) is 0 Å². The number of hydrogen-bond donors (Lipinski definition) is 2. The van der Waals surface area contributed by atoms with Gasteiger partial charge in [-0.15, -0.1) is 0 Å². The quantitative estimate of drug-likeness (QED) is 0.100. The number of non-ortho nitro benzene ring substituents is 2. The van der Waals surface area contributed by atoms with Gasteiger partial charge in [0.1, 0.15) is 11.5 Å². The molecule has 2 saturated carbocycles. The summed E-state index contributed by atoms with van der Waals surface area (Å²) in [7, 11) is 0. The summed E-state index contributed by atoms with van der Waals surface area (Å²) >= 11 is 0. The molecule has 0 radical (unpaired) electrons. The van der Waals surface area contributed by atoms with Crippen molar-refractivity contribution in [1.82, 2.24) is 19.9 Å². The number of ether oxygens (including phenoxy) is 2. The van der Waals surface area contributed by atoms with Crippen LogP contribution in [0, 0.1) is 20.2 Å². The number of nitro groups is 2. The van der Waals surface area contributed by atoms with Crippen molar-refractivity contribution in [1.29, 1.82) is 0 Å². The van der Waals surface area contributed by atoms with E-state index in [1.54, 1.807) is 24.8 Å². The van der Waals surface area contributed by atoms with Gasteiger partial charge >= 0.3 is 6.16 Å². The number of aromatic nitrogens is 4. The van der Waals surface area contributed by atoms with Gasteiger partial charge < -0.3 is 20.9 Å². The maximum absolute atomic E-state index is 13.2. The fourth-order valence-electron chi connectivity index (χ4n) is 6.57. The zero-order valence-corrected chi connectivity index (χ0v) is 24.5. The molecule has 4 N–H and O–H groups in total. The molecular formula is C31H30N8O7. The molecule has 4 aromatic rings. The lowest BCUT2D eigenvalue weighted by Gasteiger charge is -2.18. The van der Waals surface area contributed by atoms with Gasteiger partial charge in [0, 0.05) is 60.2 Å². The average Bonchev–Trinajstić information content (AvgIpc) is 3.73. The topological polar surface area (TPSA) is 225 Å². The molecule has 4 unspecified atom stereocenters. The summed E-state index contributed by atoms with van der Waals surface area (Å²) < 4.78 is 11.3. The fourth-order valence-corrected chi connectivity index (χ4v) is 6.57. The smallest absolute Gasteiger partial charge is 0.394 e. The van der Waals surface area contributed by atoms with Crippen LogP contribution in [0.1, 0.15) is 84.5 Å². The maximum Gasteiger partial charge on any atom is 0.519 e. The van der Waals surface area contributed by atoms with E-state index < -0.39 is 16.0 Å². The summed E-state index contributed by atoms with van der Waals surface area (Å²) in [5, 5.41) is 23.2. The second-order valence-corrected chi connectivity index (χ2v) is 11.6. The van der Waals surface area contributed by atoms with Crippen LogP contribution >= 0.6 is 0 Å².